The highest BCUT2D eigenvalue weighted by atomic mass is 16.3. The monoisotopic (exact) mass is 198 g/mol. The Kier molecular flexibility index (Phi) is 3.42. The lowest BCUT2D eigenvalue weighted by Gasteiger charge is -2.33. The van der Waals surface area contributed by atoms with Crippen LogP contribution in [0.3, 0.4) is 0 Å². The zero-order chi connectivity index (χ0) is 9.97. The van der Waals surface area contributed by atoms with Crippen LogP contribution in [-0.4, -0.2) is 47.8 Å². The van der Waals surface area contributed by atoms with Gasteiger partial charge in [0.2, 0.25) is 0 Å². The van der Waals surface area contributed by atoms with E-state index in [4.69, 9.17) is 0 Å². The standard InChI is InChI=1S/C11H22N2O/c1-9(11-5-2-6-12-11)13-7-3-4-10(13)8-14/h9-12,14H,2-8H2,1H3/t9-,10-,11-/m1/s1. The summed E-state index contributed by atoms with van der Waals surface area (Å²) in [7, 11) is 0. The molecule has 0 aromatic rings. The zero-order valence-electron chi connectivity index (χ0n) is 9.08. The van der Waals surface area contributed by atoms with Crippen molar-refractivity contribution < 1.29 is 5.11 Å². The topological polar surface area (TPSA) is 35.5 Å². The van der Waals surface area contributed by atoms with Gasteiger partial charge in [0.25, 0.3) is 0 Å². The Labute approximate surface area is 86.5 Å². The van der Waals surface area contributed by atoms with Gasteiger partial charge in [0.1, 0.15) is 0 Å². The van der Waals surface area contributed by atoms with Crippen LogP contribution in [0.4, 0.5) is 0 Å². The van der Waals surface area contributed by atoms with Gasteiger partial charge < -0.3 is 10.4 Å². The van der Waals surface area contributed by atoms with E-state index in [2.05, 4.69) is 17.1 Å². The van der Waals surface area contributed by atoms with Crippen LogP contribution < -0.4 is 5.32 Å². The molecule has 2 aliphatic rings. The molecular weight excluding hydrogens is 176 g/mol. The smallest absolute Gasteiger partial charge is 0.0587 e. The van der Waals surface area contributed by atoms with Crippen LogP contribution in [0.15, 0.2) is 0 Å². The summed E-state index contributed by atoms with van der Waals surface area (Å²) in [6.45, 7) is 4.98. The molecule has 0 saturated carbocycles. The second-order valence-corrected chi connectivity index (χ2v) is 4.66. The Balaban J connectivity index is 1.92. The third kappa shape index (κ3) is 1.95. The Hall–Kier alpha value is -0.120. The van der Waals surface area contributed by atoms with Crippen LogP contribution in [0.1, 0.15) is 32.6 Å². The summed E-state index contributed by atoms with van der Waals surface area (Å²) < 4.78 is 0. The maximum atomic E-state index is 9.27. The summed E-state index contributed by atoms with van der Waals surface area (Å²) in [5, 5.41) is 12.8. The molecule has 2 fully saturated rings. The molecule has 3 atom stereocenters. The van der Waals surface area contributed by atoms with Crippen molar-refractivity contribution in [3.05, 3.63) is 0 Å². The summed E-state index contributed by atoms with van der Waals surface area (Å²) >= 11 is 0. The van der Waals surface area contributed by atoms with E-state index < -0.39 is 0 Å². The molecule has 0 radical (unpaired) electrons. The van der Waals surface area contributed by atoms with Crippen LogP contribution in [0.5, 0.6) is 0 Å². The first-order chi connectivity index (χ1) is 6.83. The van der Waals surface area contributed by atoms with Gasteiger partial charge in [0.05, 0.1) is 6.61 Å². The van der Waals surface area contributed by atoms with E-state index in [1.54, 1.807) is 0 Å². The molecule has 0 aromatic carbocycles. The Morgan fingerprint density at radius 3 is 2.93 bits per heavy atom. The lowest BCUT2D eigenvalue weighted by molar-refractivity contribution is 0.110. The summed E-state index contributed by atoms with van der Waals surface area (Å²) in [6, 6.07) is 1.67. The summed E-state index contributed by atoms with van der Waals surface area (Å²) in [4.78, 5) is 2.49. The highest BCUT2D eigenvalue weighted by Gasteiger charge is 2.32. The molecule has 0 aromatic heterocycles. The molecule has 2 N–H and O–H groups in total. The van der Waals surface area contributed by atoms with Gasteiger partial charge in [-0.25, -0.2) is 0 Å². The number of hydrogen-bond acceptors (Lipinski definition) is 3. The van der Waals surface area contributed by atoms with Crippen molar-refractivity contribution in [3.63, 3.8) is 0 Å². The molecule has 3 heteroatoms. The molecule has 2 heterocycles. The minimum Gasteiger partial charge on any atom is -0.395 e. The molecule has 82 valence electrons. The fraction of sp³-hybridized carbons (Fsp3) is 1.00. The van der Waals surface area contributed by atoms with Crippen molar-refractivity contribution in [2.75, 3.05) is 19.7 Å². The van der Waals surface area contributed by atoms with Crippen LogP contribution in [-0.2, 0) is 0 Å². The normalized spacial score (nSPS) is 36.4. The molecule has 0 amide bonds. The predicted molar refractivity (Wildman–Crippen MR) is 57.3 cm³/mol. The number of aliphatic hydroxyl groups is 1. The van der Waals surface area contributed by atoms with Gasteiger partial charge in [-0.2, -0.15) is 0 Å². The fourth-order valence-corrected chi connectivity index (χ4v) is 2.94. The second-order valence-electron chi connectivity index (χ2n) is 4.66. The van der Waals surface area contributed by atoms with Crippen LogP contribution in [0.25, 0.3) is 0 Å². The summed E-state index contributed by atoms with van der Waals surface area (Å²) in [5.74, 6) is 0. The van der Waals surface area contributed by atoms with Crippen molar-refractivity contribution in [1.82, 2.24) is 10.2 Å². The average Bonchev–Trinajstić information content (AvgIpc) is 2.87. The predicted octanol–water partition coefficient (Wildman–Crippen LogP) is 0.584. The quantitative estimate of drug-likeness (QED) is 0.696. The van der Waals surface area contributed by atoms with Gasteiger partial charge in [0.15, 0.2) is 0 Å². The summed E-state index contributed by atoms with van der Waals surface area (Å²) in [5.41, 5.74) is 0. The molecule has 0 aliphatic carbocycles. The molecule has 0 spiro atoms. The summed E-state index contributed by atoms with van der Waals surface area (Å²) in [6.07, 6.45) is 5.04. The number of hydrogen-bond donors (Lipinski definition) is 2. The molecule has 2 aliphatic heterocycles. The van der Waals surface area contributed by atoms with Crippen molar-refractivity contribution in [1.29, 1.82) is 0 Å². The number of nitrogens with one attached hydrogen (secondary N) is 1. The van der Waals surface area contributed by atoms with Gasteiger partial charge in [-0.05, 0) is 45.7 Å². The lowest BCUT2D eigenvalue weighted by atomic mass is 10.1. The molecular formula is C11H22N2O. The second kappa shape index (κ2) is 4.60. The Bertz CT molecular complexity index is 180. The number of likely N-dealkylation sites (tertiary alicyclic amines) is 1. The highest BCUT2D eigenvalue weighted by molar-refractivity contribution is 4.90. The van der Waals surface area contributed by atoms with E-state index in [0.29, 0.717) is 24.7 Å². The van der Waals surface area contributed by atoms with E-state index >= 15 is 0 Å². The van der Waals surface area contributed by atoms with Gasteiger partial charge >= 0.3 is 0 Å². The van der Waals surface area contributed by atoms with Crippen molar-refractivity contribution in [3.8, 4) is 0 Å². The van der Waals surface area contributed by atoms with Gasteiger partial charge in [-0.3, -0.25) is 4.90 Å². The van der Waals surface area contributed by atoms with Crippen LogP contribution in [0.2, 0.25) is 0 Å². The minimum atomic E-state index is 0.330. The first-order valence-electron chi connectivity index (χ1n) is 5.93. The van der Waals surface area contributed by atoms with E-state index in [1.807, 2.05) is 0 Å². The van der Waals surface area contributed by atoms with E-state index in [1.165, 1.54) is 38.8 Å². The highest BCUT2D eigenvalue weighted by Crippen LogP contribution is 2.23. The minimum absolute atomic E-state index is 0.330. The van der Waals surface area contributed by atoms with Crippen molar-refractivity contribution in [2.24, 2.45) is 0 Å². The molecule has 0 bridgehead atoms. The zero-order valence-corrected chi connectivity index (χ0v) is 9.08. The largest absolute Gasteiger partial charge is 0.395 e. The van der Waals surface area contributed by atoms with Crippen molar-refractivity contribution in [2.45, 2.75) is 50.7 Å². The fourth-order valence-electron chi connectivity index (χ4n) is 2.94. The van der Waals surface area contributed by atoms with Crippen LogP contribution in [0, 0.1) is 0 Å². The third-order valence-corrected chi connectivity index (χ3v) is 3.84. The molecule has 0 unspecified atom stereocenters. The van der Waals surface area contributed by atoms with Crippen molar-refractivity contribution >= 4 is 0 Å². The number of aliphatic hydroxyl groups excluding tert-OH is 1. The first-order valence-corrected chi connectivity index (χ1v) is 5.93. The maximum absolute atomic E-state index is 9.27. The molecule has 3 nitrogen and oxygen atoms in total. The van der Waals surface area contributed by atoms with Gasteiger partial charge in [-0.15, -0.1) is 0 Å². The lowest BCUT2D eigenvalue weighted by Crippen LogP contribution is -2.48. The first kappa shape index (κ1) is 10.4. The number of rotatable bonds is 3. The Morgan fingerprint density at radius 2 is 2.29 bits per heavy atom. The molecule has 2 rings (SSSR count). The average molecular weight is 198 g/mol. The van der Waals surface area contributed by atoms with Gasteiger partial charge in [0, 0.05) is 18.1 Å². The molecule has 14 heavy (non-hydrogen) atoms. The maximum Gasteiger partial charge on any atom is 0.0587 e. The molecule has 2 saturated heterocycles. The van der Waals surface area contributed by atoms with E-state index in [0.717, 1.165) is 0 Å². The Morgan fingerprint density at radius 1 is 1.43 bits per heavy atom. The number of nitrogens with zero attached hydrogens (tertiary/aromatic N) is 1. The SMILES string of the molecule is C[C@H]([C@H]1CCCN1)N1CCC[C@@H]1CO. The third-order valence-electron chi connectivity index (χ3n) is 3.84. The van der Waals surface area contributed by atoms with Crippen LogP contribution >= 0.6 is 0 Å². The van der Waals surface area contributed by atoms with E-state index in [9.17, 15) is 5.11 Å². The van der Waals surface area contributed by atoms with Gasteiger partial charge in [-0.1, -0.05) is 0 Å². The van der Waals surface area contributed by atoms with E-state index in [-0.39, 0.29) is 0 Å².